The maximum absolute atomic E-state index is 11.8. The van der Waals surface area contributed by atoms with Crippen LogP contribution in [0.15, 0.2) is 41.1 Å². The number of nitrogens with zero attached hydrogens (tertiary/aromatic N) is 1. The number of carbonyl (C=O) groups is 1. The predicted molar refractivity (Wildman–Crippen MR) is 76.3 cm³/mol. The molecule has 0 saturated carbocycles. The molecule has 0 aliphatic rings. The monoisotopic (exact) mass is 274 g/mol. The number of thiazole rings is 1. The maximum atomic E-state index is 11.8. The number of nitrogens with one attached hydrogen (secondary N) is 1. The first-order chi connectivity index (χ1) is 8.81. The van der Waals surface area contributed by atoms with Crippen LogP contribution in [0.4, 0.5) is 5.13 Å². The summed E-state index contributed by atoms with van der Waals surface area (Å²) in [4.78, 5) is 16.2. The molecule has 0 fully saturated rings. The van der Waals surface area contributed by atoms with Crippen LogP contribution < -0.4 is 5.32 Å². The molecule has 2 heterocycles. The van der Waals surface area contributed by atoms with Crippen molar-refractivity contribution in [1.82, 2.24) is 4.98 Å². The van der Waals surface area contributed by atoms with E-state index in [9.17, 15) is 4.79 Å². The lowest BCUT2D eigenvalue weighted by molar-refractivity contribution is -0.115. The third-order valence-electron chi connectivity index (χ3n) is 2.49. The topological polar surface area (TPSA) is 42.0 Å². The fraction of sp³-hybridized carbons (Fsp3) is 0.0769. The van der Waals surface area contributed by atoms with Crippen molar-refractivity contribution in [2.24, 2.45) is 0 Å². The minimum Gasteiger partial charge on any atom is -0.302 e. The van der Waals surface area contributed by atoms with Gasteiger partial charge in [-0.1, -0.05) is 23.5 Å². The van der Waals surface area contributed by atoms with Gasteiger partial charge in [0.2, 0.25) is 5.91 Å². The Hall–Kier alpha value is -1.72. The molecular weight excluding hydrogens is 264 g/mol. The van der Waals surface area contributed by atoms with E-state index in [-0.39, 0.29) is 5.91 Å². The number of hydrogen-bond acceptors (Lipinski definition) is 4. The van der Waals surface area contributed by atoms with Crippen molar-refractivity contribution in [2.45, 2.75) is 6.42 Å². The van der Waals surface area contributed by atoms with Gasteiger partial charge in [-0.2, -0.15) is 11.3 Å². The lowest BCUT2D eigenvalue weighted by Crippen LogP contribution is -2.13. The van der Waals surface area contributed by atoms with E-state index in [0.29, 0.717) is 11.6 Å². The Morgan fingerprint density at radius 3 is 2.94 bits per heavy atom. The van der Waals surface area contributed by atoms with Crippen LogP contribution in [-0.4, -0.2) is 10.9 Å². The van der Waals surface area contributed by atoms with Crippen molar-refractivity contribution >= 4 is 43.9 Å². The molecule has 1 amide bonds. The molecule has 2 aromatic heterocycles. The number of hydrogen-bond donors (Lipinski definition) is 1. The zero-order chi connectivity index (χ0) is 12.4. The second-order valence-corrected chi connectivity index (χ2v) is 5.65. The van der Waals surface area contributed by atoms with Gasteiger partial charge in [-0.05, 0) is 34.5 Å². The molecular formula is C13H10N2OS2. The highest BCUT2D eigenvalue weighted by molar-refractivity contribution is 7.22. The summed E-state index contributed by atoms with van der Waals surface area (Å²) in [6, 6.07) is 9.82. The van der Waals surface area contributed by atoms with Gasteiger partial charge in [0.25, 0.3) is 0 Å². The molecule has 0 radical (unpaired) electrons. The van der Waals surface area contributed by atoms with E-state index in [1.807, 2.05) is 41.1 Å². The van der Waals surface area contributed by atoms with Gasteiger partial charge in [0.1, 0.15) is 0 Å². The largest absolute Gasteiger partial charge is 0.302 e. The van der Waals surface area contributed by atoms with E-state index in [0.717, 1.165) is 15.8 Å². The summed E-state index contributed by atoms with van der Waals surface area (Å²) in [5, 5.41) is 7.46. The summed E-state index contributed by atoms with van der Waals surface area (Å²) in [6.45, 7) is 0. The Morgan fingerprint density at radius 1 is 1.28 bits per heavy atom. The number of thiophene rings is 1. The van der Waals surface area contributed by atoms with Crippen molar-refractivity contribution in [3.05, 3.63) is 46.7 Å². The predicted octanol–water partition coefficient (Wildman–Crippen LogP) is 3.54. The molecule has 0 spiro atoms. The third-order valence-corrected chi connectivity index (χ3v) is 4.17. The summed E-state index contributed by atoms with van der Waals surface area (Å²) >= 11 is 3.10. The van der Waals surface area contributed by atoms with E-state index in [1.165, 1.54) is 11.3 Å². The molecule has 18 heavy (non-hydrogen) atoms. The quantitative estimate of drug-likeness (QED) is 0.793. The van der Waals surface area contributed by atoms with Crippen molar-refractivity contribution in [3.63, 3.8) is 0 Å². The highest BCUT2D eigenvalue weighted by atomic mass is 32.1. The summed E-state index contributed by atoms with van der Waals surface area (Å²) in [7, 11) is 0. The van der Waals surface area contributed by atoms with Gasteiger partial charge in [-0.15, -0.1) is 0 Å². The Morgan fingerprint density at radius 2 is 2.17 bits per heavy atom. The standard InChI is InChI=1S/C13H10N2OS2/c16-12(7-9-5-6-17-8-9)15-13-14-10-3-1-2-4-11(10)18-13/h1-6,8H,7H2,(H,14,15,16). The Labute approximate surface area is 112 Å². The van der Waals surface area contributed by atoms with E-state index in [2.05, 4.69) is 10.3 Å². The van der Waals surface area contributed by atoms with Crippen LogP contribution in [0.5, 0.6) is 0 Å². The summed E-state index contributed by atoms with van der Waals surface area (Å²) in [5.74, 6) is -0.0209. The minimum atomic E-state index is -0.0209. The van der Waals surface area contributed by atoms with Gasteiger partial charge in [0, 0.05) is 0 Å². The number of rotatable bonds is 3. The van der Waals surface area contributed by atoms with Crippen molar-refractivity contribution < 1.29 is 4.79 Å². The molecule has 0 saturated heterocycles. The third kappa shape index (κ3) is 2.42. The number of amides is 1. The fourth-order valence-corrected chi connectivity index (χ4v) is 3.22. The Kier molecular flexibility index (Phi) is 3.08. The first-order valence-corrected chi connectivity index (χ1v) is 7.24. The number of aromatic nitrogens is 1. The molecule has 1 aromatic carbocycles. The van der Waals surface area contributed by atoms with Crippen LogP contribution >= 0.6 is 22.7 Å². The number of para-hydroxylation sites is 1. The van der Waals surface area contributed by atoms with E-state index >= 15 is 0 Å². The van der Waals surface area contributed by atoms with Crippen molar-refractivity contribution in [1.29, 1.82) is 0 Å². The molecule has 0 aliphatic carbocycles. The van der Waals surface area contributed by atoms with Gasteiger partial charge in [-0.25, -0.2) is 4.98 Å². The van der Waals surface area contributed by atoms with Crippen LogP contribution in [0.2, 0.25) is 0 Å². The molecule has 3 rings (SSSR count). The second-order valence-electron chi connectivity index (χ2n) is 3.84. The van der Waals surface area contributed by atoms with Crippen LogP contribution in [0.3, 0.4) is 0 Å². The van der Waals surface area contributed by atoms with Crippen molar-refractivity contribution in [3.8, 4) is 0 Å². The minimum absolute atomic E-state index is 0.0209. The second kappa shape index (κ2) is 4.88. The van der Waals surface area contributed by atoms with Crippen LogP contribution in [0.25, 0.3) is 10.2 Å². The Bertz CT molecular complexity index is 640. The van der Waals surface area contributed by atoms with Gasteiger partial charge < -0.3 is 5.32 Å². The number of anilines is 1. The van der Waals surface area contributed by atoms with Gasteiger partial charge in [0.15, 0.2) is 5.13 Å². The van der Waals surface area contributed by atoms with E-state index in [4.69, 9.17) is 0 Å². The average molecular weight is 274 g/mol. The molecule has 3 nitrogen and oxygen atoms in total. The molecule has 0 atom stereocenters. The van der Waals surface area contributed by atoms with Crippen molar-refractivity contribution in [2.75, 3.05) is 5.32 Å². The van der Waals surface area contributed by atoms with E-state index in [1.54, 1.807) is 11.3 Å². The molecule has 90 valence electrons. The van der Waals surface area contributed by atoms with E-state index < -0.39 is 0 Å². The molecule has 1 N–H and O–H groups in total. The normalized spacial score (nSPS) is 10.7. The summed E-state index contributed by atoms with van der Waals surface area (Å²) in [5.41, 5.74) is 1.96. The van der Waals surface area contributed by atoms with Crippen LogP contribution in [0.1, 0.15) is 5.56 Å². The summed E-state index contributed by atoms with van der Waals surface area (Å²) < 4.78 is 1.09. The molecule has 5 heteroatoms. The first kappa shape index (κ1) is 11.4. The van der Waals surface area contributed by atoms with Gasteiger partial charge in [-0.3, -0.25) is 4.79 Å². The fourth-order valence-electron chi connectivity index (χ4n) is 1.67. The molecule has 0 aliphatic heterocycles. The Balaban J connectivity index is 1.74. The number of carbonyl (C=O) groups excluding carboxylic acids is 1. The zero-order valence-corrected chi connectivity index (χ0v) is 11.1. The lowest BCUT2D eigenvalue weighted by atomic mass is 10.2. The highest BCUT2D eigenvalue weighted by Crippen LogP contribution is 2.25. The maximum Gasteiger partial charge on any atom is 0.230 e. The molecule has 0 bridgehead atoms. The highest BCUT2D eigenvalue weighted by Gasteiger charge is 2.08. The zero-order valence-electron chi connectivity index (χ0n) is 9.42. The van der Waals surface area contributed by atoms with Crippen LogP contribution in [0, 0.1) is 0 Å². The average Bonchev–Trinajstić information content (AvgIpc) is 2.96. The van der Waals surface area contributed by atoms with Gasteiger partial charge in [0.05, 0.1) is 16.6 Å². The SMILES string of the molecule is O=C(Cc1ccsc1)Nc1nc2ccccc2s1. The first-order valence-electron chi connectivity index (χ1n) is 5.48. The lowest BCUT2D eigenvalue weighted by Gasteiger charge is -1.98. The van der Waals surface area contributed by atoms with Crippen LogP contribution in [-0.2, 0) is 11.2 Å². The van der Waals surface area contributed by atoms with Gasteiger partial charge >= 0.3 is 0 Å². The molecule has 3 aromatic rings. The number of benzene rings is 1. The molecule has 0 unspecified atom stereocenters. The summed E-state index contributed by atoms with van der Waals surface area (Å²) in [6.07, 6.45) is 0.402. The number of fused-ring (bicyclic) bond motifs is 1. The smallest absolute Gasteiger partial charge is 0.230 e.